The molecule has 0 aromatic heterocycles. The lowest BCUT2D eigenvalue weighted by Crippen LogP contribution is -2.19. The lowest BCUT2D eigenvalue weighted by Gasteiger charge is -2.10. The van der Waals surface area contributed by atoms with E-state index in [1.165, 1.54) is 12.1 Å². The molecule has 0 aliphatic heterocycles. The van der Waals surface area contributed by atoms with E-state index in [2.05, 4.69) is 11.9 Å². The molecule has 72 valence electrons. The minimum absolute atomic E-state index is 0.314. The zero-order valence-corrected chi connectivity index (χ0v) is 8.31. The zero-order chi connectivity index (χ0) is 10.6. The van der Waals surface area contributed by atoms with Gasteiger partial charge in [0.25, 0.3) is 0 Å². The Hall–Kier alpha value is -1.09. The predicted octanol–water partition coefficient (Wildman–Crippen LogP) is 1.02. The molecule has 0 bridgehead atoms. The lowest BCUT2D eigenvalue weighted by molar-refractivity contribution is 0.627. The van der Waals surface area contributed by atoms with Gasteiger partial charge in [0.1, 0.15) is 13.7 Å². The molecule has 0 atom stereocenters. The molecule has 0 unspecified atom stereocenters. The molecule has 0 heterocycles. The summed E-state index contributed by atoms with van der Waals surface area (Å²) in [6.45, 7) is 4.46. The standard InChI is InChI=1S/C11H13BFN/c1-3-8-6-9(13)7-11(12)10(8)4-5-14-2/h3,6-7,14H,1,4-5H2,2H3. The van der Waals surface area contributed by atoms with Crippen LogP contribution in [0.4, 0.5) is 4.39 Å². The second kappa shape index (κ2) is 4.96. The number of rotatable bonds is 4. The van der Waals surface area contributed by atoms with Crippen LogP contribution in [0.15, 0.2) is 18.7 Å². The van der Waals surface area contributed by atoms with Gasteiger partial charge in [-0.3, -0.25) is 0 Å². The van der Waals surface area contributed by atoms with Gasteiger partial charge in [0.2, 0.25) is 0 Å². The van der Waals surface area contributed by atoms with Crippen LogP contribution in [0.2, 0.25) is 0 Å². The molecular formula is C11H13BFN. The Kier molecular flexibility index (Phi) is 3.90. The summed E-state index contributed by atoms with van der Waals surface area (Å²) in [5, 5.41) is 3.03. The minimum atomic E-state index is -0.314. The highest BCUT2D eigenvalue weighted by atomic mass is 19.1. The highest BCUT2D eigenvalue weighted by Gasteiger charge is 2.04. The maximum Gasteiger partial charge on any atom is 0.123 e. The van der Waals surface area contributed by atoms with Crippen molar-refractivity contribution in [3.8, 4) is 0 Å². The number of likely N-dealkylation sites (N-methyl/N-ethyl adjacent to an activating group) is 1. The van der Waals surface area contributed by atoms with E-state index in [0.717, 1.165) is 24.1 Å². The van der Waals surface area contributed by atoms with Crippen molar-refractivity contribution in [2.45, 2.75) is 6.42 Å². The fourth-order valence-electron chi connectivity index (χ4n) is 1.40. The number of hydrogen-bond donors (Lipinski definition) is 1. The Labute approximate surface area is 85.4 Å². The Morgan fingerprint density at radius 3 is 2.86 bits per heavy atom. The summed E-state index contributed by atoms with van der Waals surface area (Å²) in [5.41, 5.74) is 2.23. The van der Waals surface area contributed by atoms with E-state index in [1.807, 2.05) is 7.05 Å². The molecule has 1 aromatic rings. The van der Waals surface area contributed by atoms with Crippen molar-refractivity contribution in [2.75, 3.05) is 13.6 Å². The Morgan fingerprint density at radius 1 is 1.57 bits per heavy atom. The van der Waals surface area contributed by atoms with Crippen molar-refractivity contribution < 1.29 is 4.39 Å². The van der Waals surface area contributed by atoms with Gasteiger partial charge in [0, 0.05) is 0 Å². The average molecular weight is 189 g/mol. The molecule has 1 nitrogen and oxygen atoms in total. The molecule has 0 aliphatic carbocycles. The first-order valence-electron chi connectivity index (χ1n) is 4.54. The fraction of sp³-hybridized carbons (Fsp3) is 0.273. The van der Waals surface area contributed by atoms with Crippen molar-refractivity contribution >= 4 is 19.4 Å². The van der Waals surface area contributed by atoms with Crippen LogP contribution in [0, 0.1) is 5.82 Å². The summed E-state index contributed by atoms with van der Waals surface area (Å²) < 4.78 is 13.0. The maximum atomic E-state index is 13.0. The van der Waals surface area contributed by atoms with Crippen LogP contribution in [0.3, 0.4) is 0 Å². The molecular weight excluding hydrogens is 176 g/mol. The first-order valence-corrected chi connectivity index (χ1v) is 4.54. The van der Waals surface area contributed by atoms with E-state index in [9.17, 15) is 4.39 Å². The Balaban J connectivity index is 3.05. The quantitative estimate of drug-likeness (QED) is 0.697. The molecule has 2 radical (unpaired) electrons. The summed E-state index contributed by atoms with van der Waals surface area (Å²) in [7, 11) is 7.59. The Morgan fingerprint density at radius 2 is 2.29 bits per heavy atom. The molecule has 0 fully saturated rings. The van der Waals surface area contributed by atoms with Gasteiger partial charge < -0.3 is 5.32 Å². The first kappa shape index (κ1) is 11.0. The van der Waals surface area contributed by atoms with Crippen LogP contribution < -0.4 is 10.8 Å². The lowest BCUT2D eigenvalue weighted by atomic mass is 9.86. The third kappa shape index (κ3) is 2.45. The van der Waals surface area contributed by atoms with E-state index < -0.39 is 0 Å². The van der Waals surface area contributed by atoms with Gasteiger partial charge >= 0.3 is 0 Å². The normalized spacial score (nSPS) is 10.1. The Bertz CT molecular complexity index is 336. The summed E-state index contributed by atoms with van der Waals surface area (Å²) in [6, 6.07) is 2.80. The molecule has 14 heavy (non-hydrogen) atoms. The second-order valence-electron chi connectivity index (χ2n) is 3.12. The highest BCUT2D eigenvalue weighted by Crippen LogP contribution is 2.10. The molecule has 0 spiro atoms. The molecule has 1 rings (SSSR count). The predicted molar refractivity (Wildman–Crippen MR) is 59.5 cm³/mol. The number of halogens is 1. The van der Waals surface area contributed by atoms with Crippen molar-refractivity contribution in [2.24, 2.45) is 0 Å². The summed E-state index contributed by atoms with van der Waals surface area (Å²) in [4.78, 5) is 0. The van der Waals surface area contributed by atoms with Crippen molar-refractivity contribution in [3.63, 3.8) is 0 Å². The van der Waals surface area contributed by atoms with Gasteiger partial charge in [-0.15, -0.1) is 0 Å². The van der Waals surface area contributed by atoms with E-state index in [4.69, 9.17) is 7.85 Å². The molecule has 1 N–H and O–H groups in total. The molecule has 1 aromatic carbocycles. The van der Waals surface area contributed by atoms with Crippen LogP contribution in [0.1, 0.15) is 11.1 Å². The fourth-order valence-corrected chi connectivity index (χ4v) is 1.40. The minimum Gasteiger partial charge on any atom is -0.319 e. The number of benzene rings is 1. The van der Waals surface area contributed by atoms with Crippen molar-refractivity contribution in [3.05, 3.63) is 35.7 Å². The van der Waals surface area contributed by atoms with Crippen LogP contribution in [-0.2, 0) is 6.42 Å². The van der Waals surface area contributed by atoms with Crippen molar-refractivity contribution in [1.29, 1.82) is 0 Å². The van der Waals surface area contributed by atoms with E-state index in [0.29, 0.717) is 5.46 Å². The topological polar surface area (TPSA) is 12.0 Å². The van der Waals surface area contributed by atoms with E-state index in [-0.39, 0.29) is 5.82 Å². The van der Waals surface area contributed by atoms with Crippen LogP contribution in [0.25, 0.3) is 6.08 Å². The average Bonchev–Trinajstić information content (AvgIpc) is 2.15. The van der Waals surface area contributed by atoms with Crippen LogP contribution >= 0.6 is 0 Å². The zero-order valence-electron chi connectivity index (χ0n) is 8.31. The molecule has 0 amide bonds. The summed E-state index contributed by atoms with van der Waals surface area (Å²) in [5.74, 6) is -0.314. The third-order valence-corrected chi connectivity index (χ3v) is 2.13. The van der Waals surface area contributed by atoms with Gasteiger partial charge in [0.15, 0.2) is 0 Å². The van der Waals surface area contributed by atoms with E-state index >= 15 is 0 Å². The maximum absolute atomic E-state index is 13.0. The largest absolute Gasteiger partial charge is 0.319 e. The summed E-state index contributed by atoms with van der Waals surface area (Å²) >= 11 is 0. The van der Waals surface area contributed by atoms with Crippen LogP contribution in [-0.4, -0.2) is 21.4 Å². The number of hydrogen-bond acceptors (Lipinski definition) is 1. The van der Waals surface area contributed by atoms with Gasteiger partial charge in [-0.2, -0.15) is 0 Å². The molecule has 0 aliphatic rings. The van der Waals surface area contributed by atoms with Crippen LogP contribution in [0.5, 0.6) is 0 Å². The monoisotopic (exact) mass is 189 g/mol. The summed E-state index contributed by atoms with van der Waals surface area (Å²) in [6.07, 6.45) is 2.41. The smallest absolute Gasteiger partial charge is 0.123 e. The SMILES string of the molecule is [B]c1cc(F)cc(C=C)c1CCNC. The van der Waals surface area contributed by atoms with Gasteiger partial charge in [-0.1, -0.05) is 18.1 Å². The van der Waals surface area contributed by atoms with Crippen molar-refractivity contribution in [1.82, 2.24) is 5.32 Å². The first-order chi connectivity index (χ1) is 6.69. The van der Waals surface area contributed by atoms with Gasteiger partial charge in [-0.25, -0.2) is 4.39 Å². The molecule has 0 saturated carbocycles. The highest BCUT2D eigenvalue weighted by molar-refractivity contribution is 6.33. The molecule has 3 heteroatoms. The molecule has 0 saturated heterocycles. The third-order valence-electron chi connectivity index (χ3n) is 2.13. The second-order valence-corrected chi connectivity index (χ2v) is 3.12. The van der Waals surface area contributed by atoms with Gasteiger partial charge in [0.05, 0.1) is 0 Å². The van der Waals surface area contributed by atoms with E-state index in [1.54, 1.807) is 6.08 Å². The van der Waals surface area contributed by atoms with Gasteiger partial charge in [-0.05, 0) is 43.3 Å². The number of nitrogens with one attached hydrogen (secondary N) is 1.